The molecule has 0 bridgehead atoms. The first-order chi connectivity index (χ1) is 7.16. The van der Waals surface area contributed by atoms with Crippen LogP contribution in [-0.2, 0) is 0 Å². The molecule has 0 radical (unpaired) electrons. The lowest BCUT2D eigenvalue weighted by Crippen LogP contribution is -2.25. The molecule has 1 heteroatoms. The lowest BCUT2D eigenvalue weighted by molar-refractivity contribution is 0.779. The standard InChI is InChI=1S/C14H17Br/c1-4-5-8-12(3)14(15)13-10-7-6-9-11(13)2/h4-7,9-10,12H,2,8H2,1,3H3/b5-4-,14-13+. The summed E-state index contributed by atoms with van der Waals surface area (Å²) in [7, 11) is 0. The molecule has 15 heavy (non-hydrogen) atoms. The summed E-state index contributed by atoms with van der Waals surface area (Å²) < 4.78 is 1.24. The molecule has 1 rings (SSSR count). The van der Waals surface area contributed by atoms with Crippen LogP contribution in [0.3, 0.4) is 0 Å². The first kappa shape index (κ1) is 12.3. The molecule has 0 aliphatic heterocycles. The Balaban J connectivity index is 3.10. The fraction of sp³-hybridized carbons (Fsp3) is 0.286. The van der Waals surface area contributed by atoms with Gasteiger partial charge < -0.3 is 0 Å². The van der Waals surface area contributed by atoms with Crippen LogP contribution in [0.25, 0.3) is 11.1 Å². The van der Waals surface area contributed by atoms with E-state index in [1.54, 1.807) is 0 Å². The second-order valence-corrected chi connectivity index (χ2v) is 4.57. The van der Waals surface area contributed by atoms with Gasteiger partial charge in [0.1, 0.15) is 0 Å². The van der Waals surface area contributed by atoms with Gasteiger partial charge in [-0.25, -0.2) is 0 Å². The topological polar surface area (TPSA) is 0 Å². The highest BCUT2D eigenvalue weighted by molar-refractivity contribution is 9.14. The molecule has 0 fully saturated rings. The minimum Gasteiger partial charge on any atom is -0.0916 e. The average Bonchev–Trinajstić information content (AvgIpc) is 2.25. The van der Waals surface area contributed by atoms with Gasteiger partial charge in [0.25, 0.3) is 0 Å². The normalized spacial score (nSPS) is 15.4. The van der Waals surface area contributed by atoms with E-state index >= 15 is 0 Å². The molecule has 1 atom stereocenters. The Kier molecular flexibility index (Phi) is 4.83. The summed E-state index contributed by atoms with van der Waals surface area (Å²) in [6, 6.07) is 8.22. The molecule has 80 valence electrons. The van der Waals surface area contributed by atoms with E-state index in [2.05, 4.69) is 54.6 Å². The minimum atomic E-state index is 0.504. The van der Waals surface area contributed by atoms with Crippen LogP contribution in [0.5, 0.6) is 0 Å². The number of hydrogen-bond acceptors (Lipinski definition) is 0. The quantitative estimate of drug-likeness (QED) is 0.736. The smallest absolute Gasteiger partial charge is 0.00601 e. The van der Waals surface area contributed by atoms with Crippen molar-refractivity contribution in [3.8, 4) is 0 Å². The van der Waals surface area contributed by atoms with Gasteiger partial charge in [-0.15, -0.1) is 0 Å². The summed E-state index contributed by atoms with van der Waals surface area (Å²) in [5.41, 5.74) is 0. The van der Waals surface area contributed by atoms with Crippen molar-refractivity contribution >= 4 is 27.0 Å². The maximum absolute atomic E-state index is 4.04. The van der Waals surface area contributed by atoms with Gasteiger partial charge in [0.15, 0.2) is 0 Å². The summed E-state index contributed by atoms with van der Waals surface area (Å²) >= 11 is 3.68. The Morgan fingerprint density at radius 2 is 2.13 bits per heavy atom. The highest BCUT2D eigenvalue weighted by Crippen LogP contribution is 2.20. The summed E-state index contributed by atoms with van der Waals surface area (Å²) in [5, 5.41) is 2.30. The molecular formula is C14H17Br. The first-order valence-corrected chi connectivity index (χ1v) is 6.01. The zero-order valence-electron chi connectivity index (χ0n) is 9.33. The fourth-order valence-electron chi connectivity index (χ4n) is 1.46. The number of allylic oxidation sites excluding steroid dienone is 2. The first-order valence-electron chi connectivity index (χ1n) is 5.21. The van der Waals surface area contributed by atoms with Crippen LogP contribution in [0.4, 0.5) is 0 Å². The molecule has 1 aromatic rings. The van der Waals surface area contributed by atoms with Crippen LogP contribution in [0, 0.1) is 5.92 Å². The van der Waals surface area contributed by atoms with Crippen LogP contribution in [0.15, 0.2) is 36.4 Å². The van der Waals surface area contributed by atoms with E-state index in [9.17, 15) is 0 Å². The molecule has 0 aliphatic carbocycles. The highest BCUT2D eigenvalue weighted by Gasteiger charge is 2.04. The van der Waals surface area contributed by atoms with Crippen LogP contribution >= 0.6 is 15.9 Å². The van der Waals surface area contributed by atoms with Gasteiger partial charge in [-0.05, 0) is 29.7 Å². The van der Waals surface area contributed by atoms with Crippen molar-refractivity contribution < 1.29 is 0 Å². The van der Waals surface area contributed by atoms with Crippen molar-refractivity contribution in [2.24, 2.45) is 5.92 Å². The maximum Gasteiger partial charge on any atom is 0.00601 e. The van der Waals surface area contributed by atoms with Crippen LogP contribution in [0.1, 0.15) is 20.3 Å². The monoisotopic (exact) mass is 264 g/mol. The van der Waals surface area contributed by atoms with Crippen molar-refractivity contribution in [1.82, 2.24) is 0 Å². The zero-order valence-corrected chi connectivity index (χ0v) is 10.9. The molecule has 0 aliphatic rings. The van der Waals surface area contributed by atoms with Crippen LogP contribution < -0.4 is 10.4 Å². The third-order valence-corrected chi connectivity index (χ3v) is 3.64. The Morgan fingerprint density at radius 3 is 2.73 bits per heavy atom. The van der Waals surface area contributed by atoms with Gasteiger partial charge in [-0.2, -0.15) is 0 Å². The lowest BCUT2D eigenvalue weighted by atomic mass is 10.1. The SMILES string of the molecule is C=c1cccc/c1=C(\Br)C(C)C/C=C\C. The maximum atomic E-state index is 4.04. The second kappa shape index (κ2) is 5.92. The number of hydrogen-bond donors (Lipinski definition) is 0. The van der Waals surface area contributed by atoms with E-state index in [0.717, 1.165) is 11.6 Å². The molecular weight excluding hydrogens is 248 g/mol. The van der Waals surface area contributed by atoms with E-state index in [0.29, 0.717) is 5.92 Å². The predicted octanol–water partition coefficient (Wildman–Crippen LogP) is 3.20. The van der Waals surface area contributed by atoms with E-state index < -0.39 is 0 Å². The third-order valence-electron chi connectivity index (χ3n) is 2.43. The third kappa shape index (κ3) is 3.35. The number of benzene rings is 1. The van der Waals surface area contributed by atoms with Crippen LogP contribution in [-0.4, -0.2) is 0 Å². The van der Waals surface area contributed by atoms with Crippen molar-refractivity contribution in [2.45, 2.75) is 20.3 Å². The zero-order chi connectivity index (χ0) is 11.3. The van der Waals surface area contributed by atoms with Gasteiger partial charge in [-0.1, -0.05) is 65.9 Å². The van der Waals surface area contributed by atoms with Crippen molar-refractivity contribution in [3.05, 3.63) is 46.9 Å². The minimum absolute atomic E-state index is 0.504. The molecule has 0 N–H and O–H groups in total. The highest BCUT2D eigenvalue weighted by atomic mass is 79.9. The Hall–Kier alpha value is -0.820. The molecule has 1 aromatic carbocycles. The summed E-state index contributed by atoms with van der Waals surface area (Å²) in [6.45, 7) is 8.31. The number of halogens is 1. The van der Waals surface area contributed by atoms with Crippen molar-refractivity contribution in [2.75, 3.05) is 0 Å². The molecule has 0 amide bonds. The molecule has 0 heterocycles. The van der Waals surface area contributed by atoms with Gasteiger partial charge in [0, 0.05) is 4.48 Å². The van der Waals surface area contributed by atoms with Crippen LogP contribution in [0.2, 0.25) is 0 Å². The predicted molar refractivity (Wildman–Crippen MR) is 72.1 cm³/mol. The molecule has 0 nitrogen and oxygen atoms in total. The van der Waals surface area contributed by atoms with Crippen molar-refractivity contribution in [3.63, 3.8) is 0 Å². The summed E-state index contributed by atoms with van der Waals surface area (Å²) in [4.78, 5) is 0. The van der Waals surface area contributed by atoms with E-state index in [-0.39, 0.29) is 0 Å². The summed E-state index contributed by atoms with van der Waals surface area (Å²) in [6.07, 6.45) is 5.34. The van der Waals surface area contributed by atoms with Crippen molar-refractivity contribution in [1.29, 1.82) is 0 Å². The van der Waals surface area contributed by atoms with Gasteiger partial charge in [0.2, 0.25) is 0 Å². The van der Waals surface area contributed by atoms with E-state index in [1.165, 1.54) is 9.70 Å². The fourth-order valence-corrected chi connectivity index (χ4v) is 2.04. The molecule has 0 aromatic heterocycles. The Labute approximate surface area is 100 Å². The molecule has 0 saturated heterocycles. The van der Waals surface area contributed by atoms with Gasteiger partial charge in [-0.3, -0.25) is 0 Å². The number of rotatable bonds is 3. The lowest BCUT2D eigenvalue weighted by Gasteiger charge is -2.07. The van der Waals surface area contributed by atoms with Gasteiger partial charge >= 0.3 is 0 Å². The Morgan fingerprint density at radius 1 is 1.47 bits per heavy atom. The van der Waals surface area contributed by atoms with E-state index in [1.807, 2.05) is 18.2 Å². The molecule has 1 unspecified atom stereocenters. The average molecular weight is 265 g/mol. The summed E-state index contributed by atoms with van der Waals surface area (Å²) in [5.74, 6) is 0.504. The Bertz CT molecular complexity index is 443. The second-order valence-electron chi connectivity index (χ2n) is 3.71. The van der Waals surface area contributed by atoms with E-state index in [4.69, 9.17) is 0 Å². The molecule has 0 saturated carbocycles. The van der Waals surface area contributed by atoms with Gasteiger partial charge in [0.05, 0.1) is 0 Å². The largest absolute Gasteiger partial charge is 0.0916 e. The molecule has 0 spiro atoms.